The Morgan fingerprint density at radius 2 is 0.576 bits per heavy atom. The molecule has 99 heavy (non-hydrogen) atoms. The van der Waals surface area contributed by atoms with E-state index in [2.05, 4.69) is 155 Å². The molecule has 0 aliphatic carbocycles. The molecule has 13 heterocycles. The second-order valence-corrected chi connectivity index (χ2v) is 22.7. The zero-order valence-corrected chi connectivity index (χ0v) is 50.6. The van der Waals surface area contributed by atoms with Gasteiger partial charge in [0.05, 0.1) is 67.8 Å². The molecule has 33 heteroatoms. The van der Waals surface area contributed by atoms with Crippen molar-refractivity contribution in [2.75, 3.05) is 0 Å². The number of halogens is 16. The third-order valence-electron chi connectivity index (χ3n) is 17.9. The van der Waals surface area contributed by atoms with Crippen LogP contribution >= 0.6 is 0 Å². The van der Waals surface area contributed by atoms with E-state index in [0.717, 1.165) is 89.8 Å². The summed E-state index contributed by atoms with van der Waals surface area (Å²) in [7, 11) is 0. The maximum absolute atomic E-state index is 15.4. The topological polar surface area (TPSA) is 171 Å². The van der Waals surface area contributed by atoms with Crippen LogP contribution in [0.2, 0.25) is 0 Å². The molecule has 0 fully saturated rings. The molecule has 8 aromatic carbocycles. The number of aromatic nitrogens is 10. The molecular formula is C66H20F16N16Zn+2. The van der Waals surface area contributed by atoms with Crippen molar-refractivity contribution >= 4 is 101 Å². The monoisotopic (exact) mass is 1400 g/mol. The number of benzene rings is 8. The van der Waals surface area contributed by atoms with Crippen LogP contribution in [0.15, 0.2) is 117 Å². The Balaban J connectivity index is 0.000000146. The SMILES string of the molecule is C.Fc1c(F)c(F)c2c(c1F)-c1nc-2nc2[n-]c(nc3nc(nc4[n-]c(n1)c1c(F)c(F)c(F)c(F)c41)-c1c(F)c(F)c(F)c(F)c1-3)c1c(F)c(F)c(F)c(F)c21.[Zn+2].c1ccc2c(c1)C1=Nc3c4ccccc4c4n3C35n6c(c7ccccc7c6=NC6=[N+]3C(=N4)c3ccccc36)=NC2=[N+]15. The van der Waals surface area contributed by atoms with Gasteiger partial charge in [-0.15, -0.1) is 9.15 Å². The molecule has 0 N–H and O–H groups in total. The van der Waals surface area contributed by atoms with Crippen molar-refractivity contribution in [1.82, 2.24) is 49.0 Å². The average Bonchev–Trinajstić information content (AvgIpc) is 1.48. The Kier molecular flexibility index (Phi) is 11.8. The van der Waals surface area contributed by atoms with Gasteiger partial charge in [-0.2, -0.15) is 9.13 Å². The molecule has 0 amide bonds. The number of rotatable bonds is 0. The van der Waals surface area contributed by atoms with Crippen LogP contribution in [-0.4, -0.2) is 71.5 Å². The van der Waals surface area contributed by atoms with Crippen LogP contribution in [0.1, 0.15) is 29.7 Å². The van der Waals surface area contributed by atoms with E-state index in [0.29, 0.717) is 0 Å². The van der Waals surface area contributed by atoms with Crippen molar-refractivity contribution in [3.05, 3.63) is 223 Å². The second-order valence-electron chi connectivity index (χ2n) is 22.7. The summed E-state index contributed by atoms with van der Waals surface area (Å²) in [6, 6.07) is 34.0. The minimum Gasteiger partial charge on any atom is -0.357 e. The van der Waals surface area contributed by atoms with Crippen molar-refractivity contribution in [2.24, 2.45) is 20.0 Å². The van der Waals surface area contributed by atoms with E-state index in [-0.39, 0.29) is 26.9 Å². The van der Waals surface area contributed by atoms with Crippen molar-refractivity contribution in [2.45, 2.75) is 13.3 Å². The van der Waals surface area contributed by atoms with Crippen molar-refractivity contribution < 1.29 is 98.9 Å². The first-order chi connectivity index (χ1) is 46.8. The van der Waals surface area contributed by atoms with Crippen LogP contribution in [-0.2, 0) is 25.4 Å². The molecule has 16 nitrogen and oxygen atoms in total. The van der Waals surface area contributed by atoms with Crippen molar-refractivity contribution in [3.63, 3.8) is 0 Å². The Bertz CT molecular complexity index is 6100. The summed E-state index contributed by atoms with van der Waals surface area (Å²) < 4.78 is 249. The fourth-order valence-electron chi connectivity index (χ4n) is 14.0. The second kappa shape index (κ2) is 19.6. The van der Waals surface area contributed by atoms with Crippen LogP contribution in [0.3, 0.4) is 0 Å². The molecule has 0 unspecified atom stereocenters. The van der Waals surface area contributed by atoms with E-state index >= 15 is 35.1 Å². The number of amidine groups is 4. The third-order valence-corrected chi connectivity index (χ3v) is 17.9. The van der Waals surface area contributed by atoms with Gasteiger partial charge in [-0.1, -0.05) is 75.9 Å². The van der Waals surface area contributed by atoms with Gasteiger partial charge in [0.15, 0.2) is 93.1 Å². The summed E-state index contributed by atoms with van der Waals surface area (Å²) in [4.78, 5) is 49.9. The minimum atomic E-state index is -2.55. The van der Waals surface area contributed by atoms with E-state index in [1.54, 1.807) is 0 Å². The van der Waals surface area contributed by atoms with Crippen LogP contribution in [0.5, 0.6) is 0 Å². The molecule has 21 rings (SSSR count). The number of nitrogens with zero attached hydrogens (tertiary/aromatic N) is 16. The zero-order chi connectivity index (χ0) is 66.3. The van der Waals surface area contributed by atoms with Crippen LogP contribution in [0.25, 0.3) is 111 Å². The van der Waals surface area contributed by atoms with E-state index < -0.39 is 189 Å². The normalized spacial score (nSPS) is 14.6. The molecule has 0 saturated carbocycles. The summed E-state index contributed by atoms with van der Waals surface area (Å²) in [5.41, 5.74) is -5.64. The predicted molar refractivity (Wildman–Crippen MR) is 314 cm³/mol. The number of hydrogen-bond donors (Lipinski definition) is 0. The molecular weight excluding hydrogens is 1390 g/mol. The van der Waals surface area contributed by atoms with Gasteiger partial charge in [-0.05, 0) is 48.5 Å². The smallest absolute Gasteiger partial charge is 0.357 e. The van der Waals surface area contributed by atoms with Crippen molar-refractivity contribution in [3.8, 4) is 45.6 Å². The van der Waals surface area contributed by atoms with Gasteiger partial charge in [-0.3, -0.25) is 0 Å². The molecule has 0 radical (unpaired) electrons. The molecule has 8 bridgehead atoms. The Hall–Kier alpha value is -12.0. The Morgan fingerprint density at radius 3 is 0.889 bits per heavy atom. The van der Waals surface area contributed by atoms with Crippen LogP contribution in [0.4, 0.5) is 81.9 Å². The first kappa shape index (κ1) is 59.5. The largest absolute Gasteiger partial charge is 2.00 e. The molecule has 8 aliphatic rings. The standard InChI is InChI=1S/C33H16N8.C32F16N8.CH4.Zn/c1-2-10-18-17(9-1)25-34-27-19-11-3-4-12-20(19)29-36-31-23-15-7-8-16-24(23)32-37-30-22-14-6-5-13-21(22)28-35-26(18)38(25)33(39(27)29,40(28)30)41(31)32;33-9-1-2(10(34)18(42)17(9)41)26-49-25(1)53-27-3-4(12(36)20(44)19(43)11(3)35)29(50-27)55-31-7-8(16(40)24(48)23(47)15(7)39)32(52-31)56-30-6-5(28(51-30)54-26)13(37)21(45)22(46)14(6)38;;/h1-16H;;1H4;/q+2;-2;;+2. The minimum absolute atomic E-state index is 0. The first-order valence-corrected chi connectivity index (χ1v) is 28.4. The molecule has 1 spiro atoms. The molecule has 0 atom stereocenters. The quantitative estimate of drug-likeness (QED) is 0.0475. The molecule has 13 aromatic rings. The summed E-state index contributed by atoms with van der Waals surface area (Å²) >= 11 is 0. The van der Waals surface area contributed by atoms with Gasteiger partial charge < -0.3 is 29.9 Å². The predicted octanol–water partition coefficient (Wildman–Crippen LogP) is 12.7. The molecule has 0 saturated heterocycles. The maximum Gasteiger partial charge on any atom is 2.00 e. The number of aliphatic imine (C=N–C) groups is 2. The first-order valence-electron chi connectivity index (χ1n) is 28.4. The average molecular weight is 1410 g/mol. The van der Waals surface area contributed by atoms with Gasteiger partial charge in [0, 0.05) is 65.7 Å². The summed E-state index contributed by atoms with van der Waals surface area (Å²) in [6.07, 6.45) is 0. The fourth-order valence-corrected chi connectivity index (χ4v) is 14.0. The van der Waals surface area contributed by atoms with Gasteiger partial charge in [0.25, 0.3) is 23.3 Å². The van der Waals surface area contributed by atoms with Crippen LogP contribution in [0, 0.1) is 93.1 Å². The fraction of sp³-hybridized carbons (Fsp3) is 0.0303. The summed E-state index contributed by atoms with van der Waals surface area (Å²) in [5, 5.41) is -1.74. The van der Waals surface area contributed by atoms with Gasteiger partial charge >= 0.3 is 25.4 Å². The Morgan fingerprint density at radius 1 is 0.303 bits per heavy atom. The van der Waals surface area contributed by atoms with Gasteiger partial charge in [0.2, 0.25) is 22.6 Å². The summed E-state index contributed by atoms with van der Waals surface area (Å²) in [6.45, 7) is 0. The summed E-state index contributed by atoms with van der Waals surface area (Å²) in [5.74, 6) is -40.3. The molecule has 476 valence electrons. The van der Waals surface area contributed by atoms with Crippen molar-refractivity contribution in [1.29, 1.82) is 0 Å². The van der Waals surface area contributed by atoms with Gasteiger partial charge in [-0.25, -0.2) is 80.2 Å². The Labute approximate surface area is 548 Å². The molecule has 8 aliphatic heterocycles. The maximum atomic E-state index is 15.4. The van der Waals surface area contributed by atoms with Gasteiger partial charge in [0.1, 0.15) is 0 Å². The van der Waals surface area contributed by atoms with E-state index in [4.69, 9.17) is 20.0 Å². The number of fused-ring (bicyclic) bond motifs is 32. The zero-order valence-electron chi connectivity index (χ0n) is 47.6. The third kappa shape index (κ3) is 6.92. The molecule has 5 aromatic heterocycles. The van der Waals surface area contributed by atoms with E-state index in [1.807, 2.05) is 0 Å². The number of hydrogen-bond acceptors (Lipinski definition) is 10. The van der Waals surface area contributed by atoms with E-state index in [9.17, 15) is 35.1 Å². The van der Waals surface area contributed by atoms with E-state index in [1.165, 1.54) is 0 Å². The van der Waals surface area contributed by atoms with Crippen LogP contribution < -0.4 is 20.9 Å².